The zero-order chi connectivity index (χ0) is 15.0. The Morgan fingerprint density at radius 2 is 1.81 bits per heavy atom. The summed E-state index contributed by atoms with van der Waals surface area (Å²) in [6.07, 6.45) is 0.207. The molecule has 0 unspecified atom stereocenters. The lowest BCUT2D eigenvalue weighted by Gasteiger charge is -2.06. The molecule has 0 amide bonds. The highest BCUT2D eigenvalue weighted by Gasteiger charge is 2.14. The van der Waals surface area contributed by atoms with Crippen molar-refractivity contribution in [3.63, 3.8) is 0 Å². The molecule has 0 aliphatic carbocycles. The van der Waals surface area contributed by atoms with Crippen LogP contribution in [0.15, 0.2) is 45.7 Å². The zero-order valence-corrected chi connectivity index (χ0v) is 13.1. The van der Waals surface area contributed by atoms with Gasteiger partial charge in [0.05, 0.1) is 11.0 Å². The van der Waals surface area contributed by atoms with Crippen LogP contribution in [0.25, 0.3) is 11.0 Å². The third kappa shape index (κ3) is 2.80. The van der Waals surface area contributed by atoms with Gasteiger partial charge in [-0.25, -0.2) is 4.79 Å². The monoisotopic (exact) mass is 364 g/mol. The second kappa shape index (κ2) is 5.50. The summed E-state index contributed by atoms with van der Waals surface area (Å²) >= 11 is 9.45. The van der Waals surface area contributed by atoms with E-state index in [0.29, 0.717) is 26.1 Å². The summed E-state index contributed by atoms with van der Waals surface area (Å²) in [5.41, 5.74) is 2.25. The highest BCUT2D eigenvalue weighted by molar-refractivity contribution is 9.10. The Labute approximate surface area is 133 Å². The maximum absolute atomic E-state index is 12.4. The van der Waals surface area contributed by atoms with Crippen molar-refractivity contribution in [2.24, 2.45) is 0 Å². The number of hydrogen-bond acceptors (Lipinski definition) is 2. The van der Waals surface area contributed by atoms with E-state index in [0.717, 1.165) is 5.56 Å². The van der Waals surface area contributed by atoms with Crippen LogP contribution < -0.4 is 5.69 Å². The Hall–Kier alpha value is -1.85. The van der Waals surface area contributed by atoms with Gasteiger partial charge in [0.1, 0.15) is 0 Å². The first-order valence-electron chi connectivity index (χ1n) is 6.23. The molecule has 0 aliphatic rings. The van der Waals surface area contributed by atoms with E-state index < -0.39 is 0 Å². The van der Waals surface area contributed by atoms with Crippen molar-refractivity contribution in [3.8, 4) is 0 Å². The number of ketones is 1. The van der Waals surface area contributed by atoms with Crippen molar-refractivity contribution in [1.82, 2.24) is 9.97 Å². The van der Waals surface area contributed by atoms with E-state index in [2.05, 4.69) is 25.9 Å². The lowest BCUT2D eigenvalue weighted by atomic mass is 10.0. The van der Waals surface area contributed by atoms with Crippen molar-refractivity contribution in [2.75, 3.05) is 0 Å². The highest BCUT2D eigenvalue weighted by atomic mass is 79.9. The fourth-order valence-electron chi connectivity index (χ4n) is 2.18. The minimum Gasteiger partial charge on any atom is -0.306 e. The minimum absolute atomic E-state index is 0.0704. The number of carbonyl (C=O) groups is 1. The van der Waals surface area contributed by atoms with Gasteiger partial charge in [-0.3, -0.25) is 4.79 Å². The molecule has 0 aliphatic heterocycles. The van der Waals surface area contributed by atoms with Gasteiger partial charge in [-0.15, -0.1) is 0 Å². The van der Waals surface area contributed by atoms with Gasteiger partial charge in [-0.05, 0) is 39.7 Å². The second-order valence-electron chi connectivity index (χ2n) is 4.65. The van der Waals surface area contributed by atoms with Crippen LogP contribution in [0.4, 0.5) is 0 Å². The molecule has 0 saturated carbocycles. The maximum atomic E-state index is 12.4. The van der Waals surface area contributed by atoms with Crippen LogP contribution in [0.1, 0.15) is 15.9 Å². The topological polar surface area (TPSA) is 65.7 Å². The lowest BCUT2D eigenvalue weighted by molar-refractivity contribution is 0.0992. The van der Waals surface area contributed by atoms with E-state index >= 15 is 0 Å². The average molecular weight is 366 g/mol. The molecule has 0 bridgehead atoms. The summed E-state index contributed by atoms with van der Waals surface area (Å²) in [7, 11) is 0. The van der Waals surface area contributed by atoms with Crippen LogP contribution in [0.2, 0.25) is 5.02 Å². The van der Waals surface area contributed by atoms with Gasteiger partial charge >= 0.3 is 5.69 Å². The molecule has 2 N–H and O–H groups in total. The molecule has 21 heavy (non-hydrogen) atoms. The molecule has 2 aromatic carbocycles. The molecule has 6 heteroatoms. The van der Waals surface area contributed by atoms with Crippen LogP contribution in [0, 0.1) is 0 Å². The standard InChI is InChI=1S/C15H10BrClN2O2/c16-10-7-13-12(18-15(21)19-13)6-9(10)14(20)5-8-3-1-2-4-11(8)17/h1-4,6-7H,5H2,(H2,18,19,21). The SMILES string of the molecule is O=C(Cc1ccccc1Cl)c1cc2[nH]c(=O)[nH]c2cc1Br. The summed E-state index contributed by atoms with van der Waals surface area (Å²) < 4.78 is 0.641. The van der Waals surface area contributed by atoms with E-state index in [1.54, 1.807) is 18.2 Å². The molecule has 0 fully saturated rings. The largest absolute Gasteiger partial charge is 0.323 e. The molecular weight excluding hydrogens is 356 g/mol. The summed E-state index contributed by atoms with van der Waals surface area (Å²) in [4.78, 5) is 29.0. The van der Waals surface area contributed by atoms with E-state index in [-0.39, 0.29) is 17.9 Å². The smallest absolute Gasteiger partial charge is 0.306 e. The Morgan fingerprint density at radius 1 is 1.14 bits per heavy atom. The summed E-state index contributed by atoms with van der Waals surface area (Å²) in [5, 5.41) is 0.568. The van der Waals surface area contributed by atoms with Gasteiger partial charge in [0.15, 0.2) is 5.78 Å². The van der Waals surface area contributed by atoms with Crippen LogP contribution >= 0.6 is 27.5 Å². The van der Waals surface area contributed by atoms with Gasteiger partial charge < -0.3 is 9.97 Å². The molecule has 1 heterocycles. The van der Waals surface area contributed by atoms with Crippen molar-refractivity contribution in [2.45, 2.75) is 6.42 Å². The molecule has 3 aromatic rings. The predicted molar refractivity (Wildman–Crippen MR) is 86.1 cm³/mol. The van der Waals surface area contributed by atoms with Crippen molar-refractivity contribution in [3.05, 3.63) is 67.5 Å². The number of imidazole rings is 1. The number of carbonyl (C=O) groups excluding carboxylic acids is 1. The molecule has 1 aromatic heterocycles. The number of H-pyrrole nitrogens is 2. The predicted octanol–water partition coefficient (Wildman–Crippen LogP) is 3.70. The summed E-state index contributed by atoms with van der Waals surface area (Å²) in [6.45, 7) is 0. The first-order valence-corrected chi connectivity index (χ1v) is 7.40. The highest BCUT2D eigenvalue weighted by Crippen LogP contribution is 2.24. The van der Waals surface area contributed by atoms with Crippen molar-refractivity contribution >= 4 is 44.3 Å². The summed E-state index contributed by atoms with van der Waals surface area (Å²) in [6, 6.07) is 10.6. The quantitative estimate of drug-likeness (QED) is 0.695. The van der Waals surface area contributed by atoms with Gasteiger partial charge in [0.25, 0.3) is 0 Å². The van der Waals surface area contributed by atoms with Gasteiger partial charge in [0.2, 0.25) is 0 Å². The Balaban J connectivity index is 1.99. The van der Waals surface area contributed by atoms with E-state index in [4.69, 9.17) is 11.6 Å². The van der Waals surface area contributed by atoms with Gasteiger partial charge in [-0.2, -0.15) is 0 Å². The number of halogens is 2. The molecule has 4 nitrogen and oxygen atoms in total. The fourth-order valence-corrected chi connectivity index (χ4v) is 2.95. The molecular formula is C15H10BrClN2O2. The Kier molecular flexibility index (Phi) is 3.69. The molecule has 0 spiro atoms. The van der Waals surface area contributed by atoms with Crippen LogP contribution in [-0.2, 0) is 6.42 Å². The van der Waals surface area contributed by atoms with E-state index in [9.17, 15) is 9.59 Å². The van der Waals surface area contributed by atoms with Crippen LogP contribution in [0.3, 0.4) is 0 Å². The number of benzene rings is 2. The third-order valence-corrected chi connectivity index (χ3v) is 4.24. The number of fused-ring (bicyclic) bond motifs is 1. The second-order valence-corrected chi connectivity index (χ2v) is 5.91. The normalized spacial score (nSPS) is 11.0. The molecule has 0 saturated heterocycles. The van der Waals surface area contributed by atoms with Gasteiger partial charge in [-0.1, -0.05) is 29.8 Å². The number of rotatable bonds is 3. The Morgan fingerprint density at radius 3 is 2.52 bits per heavy atom. The van der Waals surface area contributed by atoms with Crippen LogP contribution in [0.5, 0.6) is 0 Å². The van der Waals surface area contributed by atoms with Crippen molar-refractivity contribution < 1.29 is 4.79 Å². The minimum atomic E-state index is -0.299. The molecule has 106 valence electrons. The first-order chi connectivity index (χ1) is 10.0. The molecule has 0 atom stereocenters. The molecule has 0 radical (unpaired) electrons. The zero-order valence-electron chi connectivity index (χ0n) is 10.7. The lowest BCUT2D eigenvalue weighted by Crippen LogP contribution is -2.05. The number of aromatic nitrogens is 2. The fraction of sp³-hybridized carbons (Fsp3) is 0.0667. The number of aromatic amines is 2. The number of nitrogens with one attached hydrogen (secondary N) is 2. The van der Waals surface area contributed by atoms with Crippen LogP contribution in [-0.4, -0.2) is 15.8 Å². The van der Waals surface area contributed by atoms with Crippen molar-refractivity contribution in [1.29, 1.82) is 0 Å². The summed E-state index contributed by atoms with van der Waals surface area (Å²) in [5.74, 6) is -0.0704. The number of Topliss-reactive ketones (excluding diaryl/α,β-unsaturated/α-hetero) is 1. The van der Waals surface area contributed by atoms with Gasteiger partial charge in [0, 0.05) is 21.5 Å². The number of hydrogen-bond donors (Lipinski definition) is 2. The molecule has 3 rings (SSSR count). The third-order valence-electron chi connectivity index (χ3n) is 3.21. The Bertz CT molecular complexity index is 898. The van der Waals surface area contributed by atoms with E-state index in [1.807, 2.05) is 18.2 Å². The maximum Gasteiger partial charge on any atom is 0.323 e. The van der Waals surface area contributed by atoms with E-state index in [1.165, 1.54) is 0 Å². The first kappa shape index (κ1) is 14.1. The average Bonchev–Trinajstić information content (AvgIpc) is 2.79.